The highest BCUT2D eigenvalue weighted by atomic mass is 16.5. The van der Waals surface area contributed by atoms with Gasteiger partial charge >= 0.3 is 0 Å². The summed E-state index contributed by atoms with van der Waals surface area (Å²) in [5, 5.41) is 2.83. The fraction of sp³-hybridized carbons (Fsp3) is 0.235. The number of hydrogen-bond donors (Lipinski definition) is 1. The molecule has 0 bridgehead atoms. The number of hydrogen-bond acceptors (Lipinski definition) is 3. The average molecular weight is 285 g/mol. The van der Waals surface area contributed by atoms with Crippen LogP contribution >= 0.6 is 0 Å². The van der Waals surface area contributed by atoms with Crippen LogP contribution < -0.4 is 14.8 Å². The average Bonchev–Trinajstić information content (AvgIpc) is 2.44. The lowest BCUT2D eigenvalue weighted by atomic mass is 10.1. The van der Waals surface area contributed by atoms with Crippen LogP contribution in [-0.2, 0) is 4.79 Å². The highest BCUT2D eigenvalue weighted by Gasteiger charge is 2.05. The summed E-state index contributed by atoms with van der Waals surface area (Å²) < 4.78 is 10.6. The molecular weight excluding hydrogens is 266 g/mol. The van der Waals surface area contributed by atoms with Gasteiger partial charge in [0, 0.05) is 11.8 Å². The lowest BCUT2D eigenvalue weighted by Gasteiger charge is -2.09. The fourth-order valence-electron chi connectivity index (χ4n) is 2.08. The number of carbonyl (C=O) groups is 1. The van der Waals surface area contributed by atoms with Gasteiger partial charge in [-0.1, -0.05) is 12.1 Å². The summed E-state index contributed by atoms with van der Waals surface area (Å²) in [6, 6.07) is 13.1. The summed E-state index contributed by atoms with van der Waals surface area (Å²) in [5.41, 5.74) is 3.00. The van der Waals surface area contributed by atoms with Gasteiger partial charge in [-0.05, 0) is 49.2 Å². The molecule has 21 heavy (non-hydrogen) atoms. The minimum Gasteiger partial charge on any atom is -0.497 e. The SMILES string of the molecule is COc1cccc(OCC(=O)Nc2cc(C)cc(C)c2)c1. The second-order valence-corrected chi connectivity index (χ2v) is 4.89. The van der Waals surface area contributed by atoms with E-state index in [-0.39, 0.29) is 12.5 Å². The molecule has 0 radical (unpaired) electrons. The minimum atomic E-state index is -0.192. The van der Waals surface area contributed by atoms with Gasteiger partial charge in [0.25, 0.3) is 5.91 Å². The first-order valence-corrected chi connectivity index (χ1v) is 6.72. The standard InChI is InChI=1S/C17H19NO3/c1-12-7-13(2)9-14(8-12)18-17(19)11-21-16-6-4-5-15(10-16)20-3/h4-10H,11H2,1-3H3,(H,18,19). The van der Waals surface area contributed by atoms with Crippen molar-refractivity contribution >= 4 is 11.6 Å². The van der Waals surface area contributed by atoms with E-state index >= 15 is 0 Å². The summed E-state index contributed by atoms with van der Waals surface area (Å²) in [5.74, 6) is 1.11. The van der Waals surface area contributed by atoms with E-state index in [1.807, 2.05) is 38.1 Å². The molecule has 4 heteroatoms. The maximum absolute atomic E-state index is 11.9. The number of rotatable bonds is 5. The molecule has 1 amide bonds. The Morgan fingerprint density at radius 1 is 1.05 bits per heavy atom. The van der Waals surface area contributed by atoms with Crippen molar-refractivity contribution in [1.82, 2.24) is 0 Å². The largest absolute Gasteiger partial charge is 0.497 e. The summed E-state index contributed by atoms with van der Waals surface area (Å²) in [6.07, 6.45) is 0. The molecule has 2 aromatic carbocycles. The number of benzene rings is 2. The molecule has 0 saturated heterocycles. The number of anilines is 1. The zero-order valence-electron chi connectivity index (χ0n) is 12.5. The third-order valence-corrected chi connectivity index (χ3v) is 2.92. The van der Waals surface area contributed by atoms with Gasteiger partial charge in [0.15, 0.2) is 6.61 Å². The third-order valence-electron chi connectivity index (χ3n) is 2.92. The molecule has 0 unspecified atom stereocenters. The van der Waals surface area contributed by atoms with E-state index in [1.165, 1.54) is 0 Å². The van der Waals surface area contributed by atoms with Crippen molar-refractivity contribution < 1.29 is 14.3 Å². The molecule has 2 aromatic rings. The summed E-state index contributed by atoms with van der Waals surface area (Å²) >= 11 is 0. The normalized spacial score (nSPS) is 10.0. The number of nitrogens with one attached hydrogen (secondary N) is 1. The van der Waals surface area contributed by atoms with Gasteiger partial charge in [0.2, 0.25) is 0 Å². The minimum absolute atomic E-state index is 0.0415. The monoisotopic (exact) mass is 285 g/mol. The van der Waals surface area contributed by atoms with E-state index < -0.39 is 0 Å². The first-order chi connectivity index (χ1) is 10.1. The lowest BCUT2D eigenvalue weighted by molar-refractivity contribution is -0.118. The van der Waals surface area contributed by atoms with Crippen LogP contribution in [0.15, 0.2) is 42.5 Å². The Bertz CT molecular complexity index is 617. The Morgan fingerprint density at radius 3 is 2.38 bits per heavy atom. The molecule has 0 atom stereocenters. The number of carbonyl (C=O) groups excluding carboxylic acids is 1. The quantitative estimate of drug-likeness (QED) is 0.916. The molecule has 0 spiro atoms. The molecule has 1 N–H and O–H groups in total. The number of amides is 1. The van der Waals surface area contributed by atoms with Crippen LogP contribution in [0.4, 0.5) is 5.69 Å². The van der Waals surface area contributed by atoms with E-state index in [9.17, 15) is 4.79 Å². The van der Waals surface area contributed by atoms with E-state index in [2.05, 4.69) is 11.4 Å². The molecule has 0 aliphatic heterocycles. The Balaban J connectivity index is 1.92. The van der Waals surface area contributed by atoms with Gasteiger partial charge in [-0.3, -0.25) is 4.79 Å². The van der Waals surface area contributed by atoms with Crippen LogP contribution in [0.2, 0.25) is 0 Å². The summed E-state index contributed by atoms with van der Waals surface area (Å²) in [6.45, 7) is 3.95. The van der Waals surface area contributed by atoms with Gasteiger partial charge < -0.3 is 14.8 Å². The molecule has 0 aliphatic carbocycles. The van der Waals surface area contributed by atoms with E-state index in [0.717, 1.165) is 16.8 Å². The Hall–Kier alpha value is -2.49. The molecule has 0 fully saturated rings. The molecule has 0 aromatic heterocycles. The molecule has 0 heterocycles. The van der Waals surface area contributed by atoms with Crippen LogP contribution in [0.5, 0.6) is 11.5 Å². The predicted octanol–water partition coefficient (Wildman–Crippen LogP) is 3.33. The fourth-order valence-corrected chi connectivity index (χ4v) is 2.08. The second kappa shape index (κ2) is 6.79. The van der Waals surface area contributed by atoms with Crippen LogP contribution in [0.1, 0.15) is 11.1 Å². The Labute approximate surface area is 124 Å². The van der Waals surface area contributed by atoms with Crippen molar-refractivity contribution in [3.05, 3.63) is 53.6 Å². The first-order valence-electron chi connectivity index (χ1n) is 6.72. The summed E-state index contributed by atoms with van der Waals surface area (Å²) in [7, 11) is 1.59. The van der Waals surface area contributed by atoms with Gasteiger partial charge in [-0.25, -0.2) is 0 Å². The molecule has 110 valence electrons. The smallest absolute Gasteiger partial charge is 0.262 e. The molecular formula is C17H19NO3. The van der Waals surface area contributed by atoms with Crippen molar-refractivity contribution in [3.63, 3.8) is 0 Å². The zero-order valence-corrected chi connectivity index (χ0v) is 12.5. The van der Waals surface area contributed by atoms with Gasteiger partial charge in [-0.2, -0.15) is 0 Å². The topological polar surface area (TPSA) is 47.6 Å². The van der Waals surface area contributed by atoms with Crippen molar-refractivity contribution in [2.45, 2.75) is 13.8 Å². The highest BCUT2D eigenvalue weighted by Crippen LogP contribution is 2.19. The van der Waals surface area contributed by atoms with Crippen molar-refractivity contribution in [2.75, 3.05) is 19.0 Å². The van der Waals surface area contributed by atoms with Crippen LogP contribution in [0, 0.1) is 13.8 Å². The maximum atomic E-state index is 11.9. The Morgan fingerprint density at radius 2 is 1.71 bits per heavy atom. The first kappa shape index (κ1) is 14.9. The summed E-state index contributed by atoms with van der Waals surface area (Å²) in [4.78, 5) is 11.9. The van der Waals surface area contributed by atoms with Gasteiger partial charge in [-0.15, -0.1) is 0 Å². The van der Waals surface area contributed by atoms with Crippen LogP contribution in [-0.4, -0.2) is 19.6 Å². The van der Waals surface area contributed by atoms with Gasteiger partial charge in [0.1, 0.15) is 11.5 Å². The molecule has 2 rings (SSSR count). The second-order valence-electron chi connectivity index (χ2n) is 4.89. The van der Waals surface area contributed by atoms with Crippen LogP contribution in [0.3, 0.4) is 0 Å². The predicted molar refractivity (Wildman–Crippen MR) is 83.0 cm³/mol. The maximum Gasteiger partial charge on any atom is 0.262 e. The lowest BCUT2D eigenvalue weighted by Crippen LogP contribution is -2.20. The van der Waals surface area contributed by atoms with E-state index in [4.69, 9.17) is 9.47 Å². The molecule has 0 aliphatic rings. The van der Waals surface area contributed by atoms with Crippen molar-refractivity contribution in [3.8, 4) is 11.5 Å². The van der Waals surface area contributed by atoms with E-state index in [0.29, 0.717) is 11.5 Å². The number of methoxy groups -OCH3 is 1. The third kappa shape index (κ3) is 4.53. The highest BCUT2D eigenvalue weighted by molar-refractivity contribution is 5.92. The molecule has 4 nitrogen and oxygen atoms in total. The van der Waals surface area contributed by atoms with E-state index in [1.54, 1.807) is 19.2 Å². The van der Waals surface area contributed by atoms with Crippen LogP contribution in [0.25, 0.3) is 0 Å². The van der Waals surface area contributed by atoms with Crippen molar-refractivity contribution in [1.29, 1.82) is 0 Å². The number of ether oxygens (including phenoxy) is 2. The van der Waals surface area contributed by atoms with Crippen molar-refractivity contribution in [2.24, 2.45) is 0 Å². The molecule has 0 saturated carbocycles. The zero-order chi connectivity index (χ0) is 15.2. The Kier molecular flexibility index (Phi) is 4.82. The number of aryl methyl sites for hydroxylation is 2. The van der Waals surface area contributed by atoms with Gasteiger partial charge in [0.05, 0.1) is 7.11 Å².